The second kappa shape index (κ2) is 6.22. The summed E-state index contributed by atoms with van der Waals surface area (Å²) in [5, 5.41) is 21.0. The smallest absolute Gasteiger partial charge is 0.280 e. The summed E-state index contributed by atoms with van der Waals surface area (Å²) in [6.07, 6.45) is 1.42. The number of rotatable bonds is 3. The van der Waals surface area contributed by atoms with Gasteiger partial charge in [0.15, 0.2) is 11.5 Å². The molecule has 0 fully saturated rings. The van der Waals surface area contributed by atoms with Gasteiger partial charge in [-0.15, -0.1) is 0 Å². The number of benzene rings is 2. The first kappa shape index (κ1) is 15.7. The highest BCUT2D eigenvalue weighted by atomic mass is 16.6. The molecular weight excluding hydrogens is 336 g/mol. The number of aromatic nitrogens is 2. The third-order valence-electron chi connectivity index (χ3n) is 3.95. The number of para-hydroxylation sites is 2. The van der Waals surface area contributed by atoms with E-state index in [0.29, 0.717) is 36.1 Å². The van der Waals surface area contributed by atoms with Crippen LogP contribution >= 0.6 is 0 Å². The minimum Gasteiger partial charge on any atom is -0.486 e. The van der Waals surface area contributed by atoms with E-state index in [-0.39, 0.29) is 16.8 Å². The maximum Gasteiger partial charge on any atom is 0.280 e. The molecule has 0 radical (unpaired) electrons. The lowest BCUT2D eigenvalue weighted by Crippen LogP contribution is -2.15. The third kappa shape index (κ3) is 2.71. The Hall–Kier alpha value is -3.86. The quantitative estimate of drug-likeness (QED) is 0.441. The van der Waals surface area contributed by atoms with Crippen LogP contribution in [0.2, 0.25) is 0 Å². The first-order chi connectivity index (χ1) is 12.7. The molecule has 0 aliphatic carbocycles. The summed E-state index contributed by atoms with van der Waals surface area (Å²) < 4.78 is 10.9. The summed E-state index contributed by atoms with van der Waals surface area (Å²) in [5.74, 6) is 1.08. The highest BCUT2D eigenvalue weighted by Gasteiger charge is 2.22. The molecule has 1 aliphatic heterocycles. The number of nitrogens with zero attached hydrogens (tertiary/aromatic N) is 3. The van der Waals surface area contributed by atoms with Crippen LogP contribution in [-0.4, -0.2) is 28.1 Å². The topological polar surface area (TPSA) is 114 Å². The lowest BCUT2D eigenvalue weighted by atomic mass is 10.1. The van der Waals surface area contributed by atoms with E-state index in [0.717, 1.165) is 5.52 Å². The molecule has 0 spiro atoms. The highest BCUT2D eigenvalue weighted by molar-refractivity contribution is 5.92. The number of nitriles is 1. The molecule has 1 aliphatic rings. The molecule has 1 N–H and O–H groups in total. The maximum absolute atomic E-state index is 11.4. The van der Waals surface area contributed by atoms with Crippen LogP contribution in [0.15, 0.2) is 36.4 Å². The van der Waals surface area contributed by atoms with Crippen molar-refractivity contribution in [1.82, 2.24) is 9.97 Å². The number of aromatic amines is 1. The Bertz CT molecular complexity index is 1060. The van der Waals surface area contributed by atoms with Crippen LogP contribution in [0.5, 0.6) is 11.5 Å². The molecule has 0 saturated carbocycles. The Morgan fingerprint density at radius 2 is 2.00 bits per heavy atom. The molecule has 0 amide bonds. The van der Waals surface area contributed by atoms with Gasteiger partial charge in [0.05, 0.1) is 33.2 Å². The van der Waals surface area contributed by atoms with Crippen molar-refractivity contribution in [2.24, 2.45) is 0 Å². The Morgan fingerprint density at radius 3 is 2.69 bits per heavy atom. The van der Waals surface area contributed by atoms with Crippen LogP contribution in [-0.2, 0) is 0 Å². The van der Waals surface area contributed by atoms with Gasteiger partial charge in [-0.3, -0.25) is 10.1 Å². The Balaban J connectivity index is 1.84. The minimum absolute atomic E-state index is 0.168. The molecule has 26 heavy (non-hydrogen) atoms. The van der Waals surface area contributed by atoms with Crippen molar-refractivity contribution in [3.05, 3.63) is 57.9 Å². The third-order valence-corrected chi connectivity index (χ3v) is 3.95. The molecule has 0 atom stereocenters. The summed E-state index contributed by atoms with van der Waals surface area (Å²) >= 11 is 0. The number of fused-ring (bicyclic) bond motifs is 2. The van der Waals surface area contributed by atoms with Crippen molar-refractivity contribution >= 4 is 28.4 Å². The molecule has 4 rings (SSSR count). The summed E-state index contributed by atoms with van der Waals surface area (Å²) in [6.45, 7) is 0.699. The van der Waals surface area contributed by atoms with Crippen molar-refractivity contribution in [3.63, 3.8) is 0 Å². The standard InChI is InChI=1S/C18H12N4O4/c19-10-12(18-20-13-3-1-2-4-14(13)21-18)7-11-8-16-17(26-6-5-25-16)9-15(11)22(23)24/h1-4,7-9H,5-6H2,(H,20,21). The van der Waals surface area contributed by atoms with Gasteiger partial charge in [-0.1, -0.05) is 12.1 Å². The van der Waals surface area contributed by atoms with Gasteiger partial charge in [0, 0.05) is 0 Å². The molecule has 0 unspecified atom stereocenters. The Kier molecular flexibility index (Phi) is 3.74. The average Bonchev–Trinajstić information content (AvgIpc) is 3.09. The van der Waals surface area contributed by atoms with Crippen LogP contribution in [0.25, 0.3) is 22.7 Å². The van der Waals surface area contributed by atoms with Crippen LogP contribution in [0.3, 0.4) is 0 Å². The predicted molar refractivity (Wildman–Crippen MR) is 93.7 cm³/mol. The molecular formula is C18H12N4O4. The van der Waals surface area contributed by atoms with E-state index in [1.54, 1.807) is 0 Å². The van der Waals surface area contributed by atoms with Crippen LogP contribution in [0.4, 0.5) is 5.69 Å². The summed E-state index contributed by atoms with van der Waals surface area (Å²) in [6, 6.07) is 12.2. The van der Waals surface area contributed by atoms with E-state index in [9.17, 15) is 15.4 Å². The van der Waals surface area contributed by atoms with Gasteiger partial charge >= 0.3 is 0 Å². The number of nitro benzene ring substituents is 1. The second-order valence-electron chi connectivity index (χ2n) is 5.58. The lowest BCUT2D eigenvalue weighted by Gasteiger charge is -2.18. The fraction of sp³-hybridized carbons (Fsp3) is 0.111. The lowest BCUT2D eigenvalue weighted by molar-refractivity contribution is -0.385. The van der Waals surface area contributed by atoms with E-state index >= 15 is 0 Å². The number of hydrogen-bond donors (Lipinski definition) is 1. The largest absolute Gasteiger partial charge is 0.486 e. The first-order valence-corrected chi connectivity index (χ1v) is 7.80. The fourth-order valence-electron chi connectivity index (χ4n) is 2.76. The van der Waals surface area contributed by atoms with Crippen LogP contribution in [0.1, 0.15) is 11.4 Å². The number of allylic oxidation sites excluding steroid dienone is 1. The molecule has 2 heterocycles. The molecule has 8 nitrogen and oxygen atoms in total. The van der Waals surface area contributed by atoms with E-state index in [4.69, 9.17) is 9.47 Å². The molecule has 128 valence electrons. The highest BCUT2D eigenvalue weighted by Crippen LogP contribution is 2.38. The van der Waals surface area contributed by atoms with Crippen molar-refractivity contribution < 1.29 is 14.4 Å². The monoisotopic (exact) mass is 348 g/mol. The van der Waals surface area contributed by atoms with Gasteiger partial charge in [0.2, 0.25) is 0 Å². The van der Waals surface area contributed by atoms with Gasteiger partial charge in [0.1, 0.15) is 25.1 Å². The summed E-state index contributed by atoms with van der Waals surface area (Å²) in [7, 11) is 0. The number of nitrogens with one attached hydrogen (secondary N) is 1. The predicted octanol–water partition coefficient (Wildman–Crippen LogP) is 3.31. The Labute approximate surface area is 147 Å². The fourth-order valence-corrected chi connectivity index (χ4v) is 2.76. The van der Waals surface area contributed by atoms with E-state index in [1.807, 2.05) is 30.3 Å². The van der Waals surface area contributed by atoms with Crippen LogP contribution in [0, 0.1) is 21.4 Å². The molecule has 1 aromatic heterocycles. The second-order valence-corrected chi connectivity index (χ2v) is 5.58. The number of ether oxygens (including phenoxy) is 2. The normalized spacial score (nSPS) is 13.4. The molecule has 0 bridgehead atoms. The van der Waals surface area contributed by atoms with E-state index in [2.05, 4.69) is 9.97 Å². The van der Waals surface area contributed by atoms with Crippen molar-refractivity contribution in [2.45, 2.75) is 0 Å². The SMILES string of the molecule is N#CC(=Cc1cc2c(cc1[N+](=O)[O-])OCCO2)c1nc2ccccc2[nH]1. The number of hydrogen-bond acceptors (Lipinski definition) is 6. The van der Waals surface area contributed by atoms with Gasteiger partial charge in [-0.25, -0.2) is 4.98 Å². The zero-order valence-corrected chi connectivity index (χ0v) is 13.4. The van der Waals surface area contributed by atoms with E-state index in [1.165, 1.54) is 18.2 Å². The molecule has 8 heteroatoms. The number of nitro groups is 1. The van der Waals surface area contributed by atoms with E-state index < -0.39 is 4.92 Å². The molecule has 2 aromatic carbocycles. The van der Waals surface area contributed by atoms with Crippen molar-refractivity contribution in [3.8, 4) is 17.6 Å². The molecule has 3 aromatic rings. The zero-order chi connectivity index (χ0) is 18.1. The number of H-pyrrole nitrogens is 1. The van der Waals surface area contributed by atoms with Gasteiger partial charge in [-0.2, -0.15) is 5.26 Å². The summed E-state index contributed by atoms with van der Waals surface area (Å²) in [4.78, 5) is 18.3. The van der Waals surface area contributed by atoms with Gasteiger partial charge < -0.3 is 14.5 Å². The van der Waals surface area contributed by atoms with Crippen LogP contribution < -0.4 is 9.47 Å². The number of imidazole rings is 1. The molecule has 0 saturated heterocycles. The summed E-state index contributed by atoms with van der Waals surface area (Å²) in [5.41, 5.74) is 1.75. The minimum atomic E-state index is -0.516. The average molecular weight is 348 g/mol. The zero-order valence-electron chi connectivity index (χ0n) is 13.4. The maximum atomic E-state index is 11.4. The van der Waals surface area contributed by atoms with Crippen molar-refractivity contribution in [1.29, 1.82) is 5.26 Å². The first-order valence-electron chi connectivity index (χ1n) is 7.80. The Morgan fingerprint density at radius 1 is 1.27 bits per heavy atom. The van der Waals surface area contributed by atoms with Gasteiger partial charge in [0.25, 0.3) is 5.69 Å². The van der Waals surface area contributed by atoms with Gasteiger partial charge in [-0.05, 0) is 24.3 Å². The van der Waals surface area contributed by atoms with Crippen molar-refractivity contribution in [2.75, 3.05) is 13.2 Å².